The van der Waals surface area contributed by atoms with Gasteiger partial charge < -0.3 is 19.8 Å². The molecule has 0 unspecified atom stereocenters. The van der Waals surface area contributed by atoms with Crippen LogP contribution in [0.2, 0.25) is 5.02 Å². The van der Waals surface area contributed by atoms with Crippen molar-refractivity contribution in [2.75, 3.05) is 19.0 Å². The Morgan fingerprint density at radius 2 is 1.88 bits per heavy atom. The number of halogens is 1. The molecule has 0 radical (unpaired) electrons. The Morgan fingerprint density at radius 1 is 1.12 bits per heavy atom. The van der Waals surface area contributed by atoms with Gasteiger partial charge in [-0.05, 0) is 48.5 Å². The second-order valence-electron chi connectivity index (χ2n) is 6.84. The lowest BCUT2D eigenvalue weighted by Gasteiger charge is -2.13. The van der Waals surface area contributed by atoms with E-state index in [-0.39, 0.29) is 5.70 Å². The quantitative estimate of drug-likeness (QED) is 0.433. The molecule has 1 saturated heterocycles. The van der Waals surface area contributed by atoms with Crippen LogP contribution in [0.5, 0.6) is 5.75 Å². The highest BCUT2D eigenvalue weighted by molar-refractivity contribution is 6.30. The average molecular weight is 452 g/mol. The first-order chi connectivity index (χ1) is 15.4. The van der Waals surface area contributed by atoms with Crippen molar-refractivity contribution < 1.29 is 23.5 Å². The highest BCUT2D eigenvalue weighted by atomic mass is 35.5. The lowest BCUT2D eigenvalue weighted by Crippen LogP contribution is -2.38. The van der Waals surface area contributed by atoms with Gasteiger partial charge in [0.1, 0.15) is 29.5 Å². The summed E-state index contributed by atoms with van der Waals surface area (Å²) in [5, 5.41) is 5.71. The van der Waals surface area contributed by atoms with Crippen molar-refractivity contribution in [3.05, 3.63) is 77.1 Å². The van der Waals surface area contributed by atoms with Gasteiger partial charge in [0.15, 0.2) is 0 Å². The number of amides is 4. The molecule has 2 heterocycles. The average Bonchev–Trinajstić information content (AvgIpc) is 3.35. The topological polar surface area (TPSA) is 101 Å². The van der Waals surface area contributed by atoms with Gasteiger partial charge in [-0.15, -0.1) is 0 Å². The predicted octanol–water partition coefficient (Wildman–Crippen LogP) is 4.14. The minimum Gasteiger partial charge on any atom is -0.495 e. The van der Waals surface area contributed by atoms with Crippen LogP contribution >= 0.6 is 11.6 Å². The van der Waals surface area contributed by atoms with Crippen molar-refractivity contribution >= 4 is 41.2 Å². The number of nitrogens with zero attached hydrogens (tertiary/aromatic N) is 1. The molecule has 162 valence electrons. The maximum absolute atomic E-state index is 12.7. The summed E-state index contributed by atoms with van der Waals surface area (Å²) in [4.78, 5) is 38.1. The minimum absolute atomic E-state index is 0.0112. The second-order valence-corrected chi connectivity index (χ2v) is 7.27. The van der Waals surface area contributed by atoms with Crippen molar-refractivity contribution in [3.63, 3.8) is 0 Å². The van der Waals surface area contributed by atoms with Crippen LogP contribution in [-0.2, 0) is 9.59 Å². The van der Waals surface area contributed by atoms with Gasteiger partial charge >= 0.3 is 6.03 Å². The van der Waals surface area contributed by atoms with Crippen LogP contribution in [0, 0.1) is 0 Å². The van der Waals surface area contributed by atoms with E-state index < -0.39 is 24.4 Å². The number of ether oxygens (including phenoxy) is 1. The number of rotatable bonds is 6. The Balaban J connectivity index is 1.45. The van der Waals surface area contributed by atoms with Crippen LogP contribution in [0.4, 0.5) is 10.5 Å². The molecule has 2 aromatic carbocycles. The van der Waals surface area contributed by atoms with Crippen molar-refractivity contribution in [1.29, 1.82) is 0 Å². The highest BCUT2D eigenvalue weighted by Gasteiger charge is 2.35. The third-order valence-corrected chi connectivity index (χ3v) is 4.94. The molecule has 2 N–H and O–H groups in total. The van der Waals surface area contributed by atoms with E-state index in [1.54, 1.807) is 48.5 Å². The molecule has 1 aromatic heterocycles. The van der Waals surface area contributed by atoms with Gasteiger partial charge in [-0.1, -0.05) is 23.7 Å². The highest BCUT2D eigenvalue weighted by Crippen LogP contribution is 2.26. The van der Waals surface area contributed by atoms with Crippen LogP contribution in [0.25, 0.3) is 17.4 Å². The summed E-state index contributed by atoms with van der Waals surface area (Å²) >= 11 is 5.90. The van der Waals surface area contributed by atoms with Gasteiger partial charge in [0, 0.05) is 16.7 Å². The van der Waals surface area contributed by atoms with Gasteiger partial charge in [-0.3, -0.25) is 9.59 Å². The molecule has 4 rings (SSSR count). The van der Waals surface area contributed by atoms with Gasteiger partial charge in [-0.2, -0.15) is 0 Å². The summed E-state index contributed by atoms with van der Waals surface area (Å²) in [7, 11) is 1.48. The van der Waals surface area contributed by atoms with Gasteiger partial charge in [0.05, 0.1) is 12.8 Å². The predicted molar refractivity (Wildman–Crippen MR) is 119 cm³/mol. The van der Waals surface area contributed by atoms with E-state index in [1.165, 1.54) is 13.2 Å². The number of methoxy groups -OCH3 is 1. The molecule has 1 aliphatic heterocycles. The number of benzene rings is 2. The lowest BCUT2D eigenvalue weighted by molar-refractivity contribution is -0.127. The van der Waals surface area contributed by atoms with Crippen LogP contribution in [-0.4, -0.2) is 36.4 Å². The molecule has 0 spiro atoms. The first-order valence-electron chi connectivity index (χ1n) is 9.58. The molecular formula is C23H18ClN3O5. The molecule has 4 amide bonds. The molecule has 9 heteroatoms. The largest absolute Gasteiger partial charge is 0.495 e. The summed E-state index contributed by atoms with van der Waals surface area (Å²) < 4.78 is 10.9. The van der Waals surface area contributed by atoms with Crippen LogP contribution in [0.3, 0.4) is 0 Å². The first kappa shape index (κ1) is 21.2. The van der Waals surface area contributed by atoms with Crippen molar-refractivity contribution in [2.45, 2.75) is 0 Å². The molecule has 8 nitrogen and oxygen atoms in total. The number of carbonyl (C=O) groups excluding carboxylic acids is 3. The number of furan rings is 1. The van der Waals surface area contributed by atoms with E-state index >= 15 is 0 Å². The standard InChI is InChI=1S/C23H18ClN3O5/c1-31-20-5-3-2-4-17(20)25-21(28)13-27-22(29)18(26-23(27)30)12-16-10-11-19(32-16)14-6-8-15(24)9-7-14/h2-12H,13H2,1H3,(H,25,28)(H,26,30)/b18-12+. The molecule has 1 aliphatic rings. The van der Waals surface area contributed by atoms with Crippen molar-refractivity contribution in [3.8, 4) is 17.1 Å². The minimum atomic E-state index is -0.694. The Morgan fingerprint density at radius 3 is 2.62 bits per heavy atom. The number of carbonyl (C=O) groups is 3. The Kier molecular flexibility index (Phi) is 5.96. The molecule has 3 aromatic rings. The Bertz CT molecular complexity index is 1220. The van der Waals surface area contributed by atoms with Gasteiger partial charge in [0.2, 0.25) is 5.91 Å². The van der Waals surface area contributed by atoms with E-state index in [0.29, 0.717) is 28.0 Å². The van der Waals surface area contributed by atoms with E-state index in [9.17, 15) is 14.4 Å². The molecule has 0 atom stereocenters. The number of imide groups is 1. The normalized spacial score (nSPS) is 14.6. The first-order valence-corrected chi connectivity index (χ1v) is 9.95. The maximum atomic E-state index is 12.7. The molecule has 32 heavy (non-hydrogen) atoms. The number of para-hydroxylation sites is 2. The number of anilines is 1. The summed E-state index contributed by atoms with van der Waals surface area (Å²) in [5.41, 5.74) is 1.26. The monoisotopic (exact) mass is 451 g/mol. The second kappa shape index (κ2) is 8.99. The number of hydrogen-bond donors (Lipinski definition) is 2. The molecule has 0 bridgehead atoms. The summed E-state index contributed by atoms with van der Waals surface area (Å²) in [6.07, 6.45) is 1.41. The van der Waals surface area contributed by atoms with Crippen molar-refractivity contribution in [1.82, 2.24) is 10.2 Å². The number of hydrogen-bond acceptors (Lipinski definition) is 5. The Labute approximate surface area is 188 Å². The number of urea groups is 1. The smallest absolute Gasteiger partial charge is 0.329 e. The van der Waals surface area contributed by atoms with Crippen LogP contribution < -0.4 is 15.4 Å². The molecule has 0 saturated carbocycles. The molecule has 0 aliphatic carbocycles. The third-order valence-electron chi connectivity index (χ3n) is 4.69. The summed E-state index contributed by atoms with van der Waals surface area (Å²) in [6, 6.07) is 16.7. The number of nitrogens with one attached hydrogen (secondary N) is 2. The maximum Gasteiger partial charge on any atom is 0.329 e. The van der Waals surface area contributed by atoms with E-state index in [0.717, 1.165) is 10.5 Å². The van der Waals surface area contributed by atoms with Gasteiger partial charge in [0.25, 0.3) is 5.91 Å². The fourth-order valence-corrected chi connectivity index (χ4v) is 3.26. The van der Waals surface area contributed by atoms with E-state index in [1.807, 2.05) is 12.1 Å². The van der Waals surface area contributed by atoms with E-state index in [2.05, 4.69) is 10.6 Å². The van der Waals surface area contributed by atoms with Gasteiger partial charge in [-0.25, -0.2) is 9.69 Å². The van der Waals surface area contributed by atoms with Crippen LogP contribution in [0.1, 0.15) is 5.76 Å². The zero-order valence-corrected chi connectivity index (χ0v) is 17.7. The fourth-order valence-electron chi connectivity index (χ4n) is 3.14. The third kappa shape index (κ3) is 4.50. The zero-order valence-electron chi connectivity index (χ0n) is 16.9. The zero-order chi connectivity index (χ0) is 22.7. The lowest BCUT2D eigenvalue weighted by atomic mass is 10.2. The summed E-state index contributed by atoms with van der Waals surface area (Å²) in [6.45, 7) is -0.450. The van der Waals surface area contributed by atoms with E-state index in [4.69, 9.17) is 20.8 Å². The fraction of sp³-hybridized carbons (Fsp3) is 0.0870. The van der Waals surface area contributed by atoms with Crippen molar-refractivity contribution in [2.24, 2.45) is 0 Å². The Hall–Kier alpha value is -4.04. The SMILES string of the molecule is COc1ccccc1NC(=O)CN1C(=O)N/C(=C/c2ccc(-c3ccc(Cl)cc3)o2)C1=O. The van der Waals surface area contributed by atoms with Crippen LogP contribution in [0.15, 0.2) is 70.8 Å². The molecular weight excluding hydrogens is 434 g/mol. The summed E-state index contributed by atoms with van der Waals surface area (Å²) in [5.74, 6) is 0.252. The molecule has 1 fully saturated rings.